The third kappa shape index (κ3) is 3.07. The monoisotopic (exact) mass is 383 g/mol. The van der Waals surface area contributed by atoms with Gasteiger partial charge in [0.1, 0.15) is 5.75 Å². The van der Waals surface area contributed by atoms with Crippen molar-refractivity contribution in [1.82, 2.24) is 9.88 Å². The summed E-state index contributed by atoms with van der Waals surface area (Å²) in [4.78, 5) is 18.3. The standard InChI is InChI=1S/C21H22ClN3O2/c1-2-17(23)21(27)25-9-8-15-16-11-13(22)6-7-18(16)24-19(15)20(25)12-4-3-5-14(26)10-12/h3-7,10-11,17,20,24,26H,2,8-9,23H2,1H3/t17-,20?/m1/s1. The SMILES string of the molecule is CC[C@@H](N)C(=O)N1CCc2c([nH]c3ccc(Cl)cc23)C1c1cccc(O)c1. The number of aromatic amines is 1. The van der Waals surface area contributed by atoms with E-state index in [4.69, 9.17) is 17.3 Å². The number of fused-ring (bicyclic) bond motifs is 3. The molecule has 4 rings (SSSR count). The number of aromatic hydroxyl groups is 1. The Morgan fingerprint density at radius 1 is 1.37 bits per heavy atom. The number of rotatable bonds is 3. The van der Waals surface area contributed by atoms with Crippen LogP contribution in [0.1, 0.15) is 36.2 Å². The van der Waals surface area contributed by atoms with Crippen LogP contribution in [0.15, 0.2) is 42.5 Å². The third-order valence-electron chi connectivity index (χ3n) is 5.32. The number of nitrogens with one attached hydrogen (secondary N) is 1. The maximum Gasteiger partial charge on any atom is 0.240 e. The number of hydrogen-bond acceptors (Lipinski definition) is 3. The Hall–Kier alpha value is -2.50. The van der Waals surface area contributed by atoms with Crippen LogP contribution in [0.4, 0.5) is 0 Å². The molecule has 27 heavy (non-hydrogen) atoms. The Bertz CT molecular complexity index is 1010. The predicted molar refractivity (Wildman–Crippen MR) is 107 cm³/mol. The van der Waals surface area contributed by atoms with Crippen LogP contribution in [0.3, 0.4) is 0 Å². The van der Waals surface area contributed by atoms with E-state index in [1.54, 1.807) is 18.2 Å². The number of phenolic OH excluding ortho intramolecular Hbond substituents is 1. The molecule has 0 bridgehead atoms. The first-order chi connectivity index (χ1) is 13.0. The topological polar surface area (TPSA) is 82.4 Å². The van der Waals surface area contributed by atoms with E-state index in [9.17, 15) is 9.90 Å². The van der Waals surface area contributed by atoms with Crippen molar-refractivity contribution in [1.29, 1.82) is 0 Å². The summed E-state index contributed by atoms with van der Waals surface area (Å²) in [7, 11) is 0. The second-order valence-corrected chi connectivity index (χ2v) is 7.44. The zero-order valence-electron chi connectivity index (χ0n) is 15.1. The summed E-state index contributed by atoms with van der Waals surface area (Å²) in [5.41, 5.74) is 10.0. The molecule has 0 fully saturated rings. The molecular weight excluding hydrogens is 362 g/mol. The fourth-order valence-corrected chi connectivity index (χ4v) is 4.10. The second kappa shape index (κ2) is 6.91. The van der Waals surface area contributed by atoms with Gasteiger partial charge in [-0.1, -0.05) is 30.7 Å². The van der Waals surface area contributed by atoms with Crippen LogP contribution < -0.4 is 5.73 Å². The van der Waals surface area contributed by atoms with Crippen LogP contribution in [-0.2, 0) is 11.2 Å². The van der Waals surface area contributed by atoms with Gasteiger partial charge < -0.3 is 20.7 Å². The van der Waals surface area contributed by atoms with Crippen molar-refractivity contribution in [2.45, 2.75) is 31.8 Å². The number of nitrogens with zero attached hydrogens (tertiary/aromatic N) is 1. The average Bonchev–Trinajstić information content (AvgIpc) is 3.03. The van der Waals surface area contributed by atoms with Crippen molar-refractivity contribution in [3.8, 4) is 5.75 Å². The summed E-state index contributed by atoms with van der Waals surface area (Å²) in [6, 6.07) is 12.0. The summed E-state index contributed by atoms with van der Waals surface area (Å²) >= 11 is 6.20. The van der Waals surface area contributed by atoms with E-state index < -0.39 is 6.04 Å². The number of hydrogen-bond donors (Lipinski definition) is 3. The van der Waals surface area contributed by atoms with Crippen molar-refractivity contribution >= 4 is 28.4 Å². The van der Waals surface area contributed by atoms with Crippen LogP contribution >= 0.6 is 11.6 Å². The van der Waals surface area contributed by atoms with Gasteiger partial charge in [0.15, 0.2) is 0 Å². The lowest BCUT2D eigenvalue weighted by molar-refractivity contribution is -0.134. The van der Waals surface area contributed by atoms with Gasteiger partial charge in [0.25, 0.3) is 0 Å². The van der Waals surface area contributed by atoms with Gasteiger partial charge in [-0.25, -0.2) is 0 Å². The molecule has 5 nitrogen and oxygen atoms in total. The zero-order valence-corrected chi connectivity index (χ0v) is 15.8. The first kappa shape index (κ1) is 17.9. The molecule has 1 amide bonds. The number of phenols is 1. The van der Waals surface area contributed by atoms with E-state index in [-0.39, 0.29) is 17.7 Å². The van der Waals surface area contributed by atoms with Crippen molar-refractivity contribution in [2.75, 3.05) is 6.54 Å². The number of aromatic nitrogens is 1. The van der Waals surface area contributed by atoms with E-state index in [1.165, 1.54) is 0 Å². The van der Waals surface area contributed by atoms with Crippen molar-refractivity contribution in [3.63, 3.8) is 0 Å². The average molecular weight is 384 g/mol. The lowest BCUT2D eigenvalue weighted by Crippen LogP contribution is -2.48. The Kier molecular flexibility index (Phi) is 4.58. The van der Waals surface area contributed by atoms with Crippen molar-refractivity contribution in [3.05, 3.63) is 64.3 Å². The molecule has 2 heterocycles. The Balaban J connectivity index is 1.90. The summed E-state index contributed by atoms with van der Waals surface area (Å²) in [5, 5.41) is 11.8. The minimum absolute atomic E-state index is 0.0758. The van der Waals surface area contributed by atoms with Gasteiger partial charge in [0.05, 0.1) is 12.1 Å². The fourth-order valence-electron chi connectivity index (χ4n) is 3.93. The smallest absolute Gasteiger partial charge is 0.240 e. The molecule has 0 spiro atoms. The molecule has 0 aliphatic carbocycles. The van der Waals surface area contributed by atoms with Crippen LogP contribution in [-0.4, -0.2) is 33.5 Å². The number of amides is 1. The van der Waals surface area contributed by atoms with Gasteiger partial charge in [0, 0.05) is 28.2 Å². The normalized spacial score (nSPS) is 17.7. The minimum Gasteiger partial charge on any atom is -0.508 e. The van der Waals surface area contributed by atoms with Crippen LogP contribution in [0.2, 0.25) is 5.02 Å². The largest absolute Gasteiger partial charge is 0.508 e. The minimum atomic E-state index is -0.537. The van der Waals surface area contributed by atoms with E-state index in [2.05, 4.69) is 4.98 Å². The molecule has 0 saturated heterocycles. The van der Waals surface area contributed by atoms with E-state index in [1.807, 2.05) is 36.1 Å². The molecule has 0 saturated carbocycles. The number of H-pyrrole nitrogens is 1. The lowest BCUT2D eigenvalue weighted by Gasteiger charge is -2.37. The van der Waals surface area contributed by atoms with E-state index in [0.717, 1.165) is 34.1 Å². The molecule has 4 N–H and O–H groups in total. The van der Waals surface area contributed by atoms with Gasteiger partial charge in [-0.05, 0) is 54.3 Å². The highest BCUT2D eigenvalue weighted by Crippen LogP contribution is 2.40. The third-order valence-corrected chi connectivity index (χ3v) is 5.55. The van der Waals surface area contributed by atoms with E-state index in [0.29, 0.717) is 18.0 Å². The molecule has 2 atom stereocenters. The van der Waals surface area contributed by atoms with Gasteiger partial charge in [0.2, 0.25) is 5.91 Å². The second-order valence-electron chi connectivity index (χ2n) is 7.00. The number of carbonyl (C=O) groups is 1. The van der Waals surface area contributed by atoms with Gasteiger partial charge in [-0.3, -0.25) is 4.79 Å². The molecule has 2 aromatic carbocycles. The Morgan fingerprint density at radius 3 is 2.93 bits per heavy atom. The van der Waals surface area contributed by atoms with Crippen LogP contribution in [0.25, 0.3) is 10.9 Å². The lowest BCUT2D eigenvalue weighted by atomic mass is 9.91. The highest BCUT2D eigenvalue weighted by Gasteiger charge is 2.36. The molecule has 140 valence electrons. The number of carbonyl (C=O) groups excluding carboxylic acids is 1. The Labute approximate surface area is 162 Å². The highest BCUT2D eigenvalue weighted by molar-refractivity contribution is 6.31. The summed E-state index contributed by atoms with van der Waals surface area (Å²) in [5.74, 6) is 0.0964. The highest BCUT2D eigenvalue weighted by atomic mass is 35.5. The van der Waals surface area contributed by atoms with Crippen LogP contribution in [0, 0.1) is 0 Å². The number of nitrogens with two attached hydrogens (primary N) is 1. The number of halogens is 1. The quantitative estimate of drug-likeness (QED) is 0.644. The summed E-state index contributed by atoms with van der Waals surface area (Å²) < 4.78 is 0. The summed E-state index contributed by atoms with van der Waals surface area (Å²) in [6.45, 7) is 2.48. The zero-order chi connectivity index (χ0) is 19.1. The molecule has 6 heteroatoms. The van der Waals surface area contributed by atoms with Gasteiger partial charge in [-0.15, -0.1) is 0 Å². The maximum atomic E-state index is 13.0. The first-order valence-corrected chi connectivity index (χ1v) is 9.52. The predicted octanol–water partition coefficient (Wildman–Crippen LogP) is 3.74. The van der Waals surface area contributed by atoms with E-state index >= 15 is 0 Å². The van der Waals surface area contributed by atoms with Crippen molar-refractivity contribution in [2.24, 2.45) is 5.73 Å². The molecular formula is C21H22ClN3O2. The molecule has 1 aliphatic rings. The number of benzene rings is 2. The summed E-state index contributed by atoms with van der Waals surface area (Å²) in [6.07, 6.45) is 1.31. The fraction of sp³-hybridized carbons (Fsp3) is 0.286. The van der Waals surface area contributed by atoms with Gasteiger partial charge in [-0.2, -0.15) is 0 Å². The maximum absolute atomic E-state index is 13.0. The molecule has 3 aromatic rings. The Morgan fingerprint density at radius 2 is 2.19 bits per heavy atom. The van der Waals surface area contributed by atoms with Crippen LogP contribution in [0.5, 0.6) is 5.75 Å². The van der Waals surface area contributed by atoms with Gasteiger partial charge >= 0.3 is 0 Å². The molecule has 1 unspecified atom stereocenters. The molecule has 1 aliphatic heterocycles. The first-order valence-electron chi connectivity index (χ1n) is 9.14. The molecule has 0 radical (unpaired) electrons. The molecule has 1 aromatic heterocycles. The van der Waals surface area contributed by atoms with Crippen molar-refractivity contribution < 1.29 is 9.90 Å².